The standard InChI is InChI=1S/C25H23N3O4S/c1-15-8-13-19(14-16(15)2)26-23(30)20-6-4-5-7-21(20)27-25(33)28-22(29)17-9-11-18(12-10-17)24(31)32-3/h4-14H,1-3H3,(H,26,30)(H2,27,28,29,33). The molecular weight excluding hydrogens is 438 g/mol. The Kier molecular flexibility index (Phi) is 7.53. The molecule has 0 saturated carbocycles. The molecule has 0 radical (unpaired) electrons. The van der Waals surface area contributed by atoms with Crippen LogP contribution in [0.3, 0.4) is 0 Å². The molecule has 0 aromatic heterocycles. The van der Waals surface area contributed by atoms with Crippen molar-refractivity contribution < 1.29 is 19.1 Å². The predicted octanol–water partition coefficient (Wildman–Crippen LogP) is 4.47. The van der Waals surface area contributed by atoms with Gasteiger partial charge in [-0.25, -0.2) is 4.79 Å². The van der Waals surface area contributed by atoms with Crippen LogP contribution in [0.15, 0.2) is 66.7 Å². The van der Waals surface area contributed by atoms with Crippen LogP contribution in [0.5, 0.6) is 0 Å². The van der Waals surface area contributed by atoms with E-state index >= 15 is 0 Å². The van der Waals surface area contributed by atoms with Crippen molar-refractivity contribution in [3.63, 3.8) is 0 Å². The number of thiocarbonyl (C=S) groups is 1. The summed E-state index contributed by atoms with van der Waals surface area (Å²) in [6.45, 7) is 3.98. The topological polar surface area (TPSA) is 96.5 Å². The number of para-hydroxylation sites is 1. The molecule has 3 rings (SSSR count). The van der Waals surface area contributed by atoms with Gasteiger partial charge >= 0.3 is 5.97 Å². The highest BCUT2D eigenvalue weighted by atomic mass is 32.1. The molecule has 0 bridgehead atoms. The van der Waals surface area contributed by atoms with Crippen molar-refractivity contribution in [3.05, 3.63) is 94.5 Å². The summed E-state index contributed by atoms with van der Waals surface area (Å²) in [5.41, 5.74) is 4.36. The maximum Gasteiger partial charge on any atom is 0.337 e. The Labute approximate surface area is 197 Å². The molecule has 8 heteroatoms. The van der Waals surface area contributed by atoms with Crippen molar-refractivity contribution in [2.45, 2.75) is 13.8 Å². The summed E-state index contributed by atoms with van der Waals surface area (Å²) in [6, 6.07) is 18.5. The molecule has 0 aliphatic rings. The van der Waals surface area contributed by atoms with Gasteiger partial charge in [0, 0.05) is 11.3 Å². The third-order valence-corrected chi connectivity index (χ3v) is 5.18. The van der Waals surface area contributed by atoms with Crippen molar-refractivity contribution in [1.82, 2.24) is 5.32 Å². The maximum atomic E-state index is 12.8. The van der Waals surface area contributed by atoms with Gasteiger partial charge in [0.2, 0.25) is 0 Å². The maximum absolute atomic E-state index is 12.8. The zero-order valence-corrected chi connectivity index (χ0v) is 19.2. The van der Waals surface area contributed by atoms with Gasteiger partial charge in [-0.3, -0.25) is 14.9 Å². The summed E-state index contributed by atoms with van der Waals surface area (Å²) >= 11 is 5.26. The van der Waals surface area contributed by atoms with E-state index < -0.39 is 11.9 Å². The molecular formula is C25H23N3O4S. The van der Waals surface area contributed by atoms with Crippen molar-refractivity contribution in [2.75, 3.05) is 17.7 Å². The first-order valence-electron chi connectivity index (χ1n) is 10.1. The van der Waals surface area contributed by atoms with Gasteiger partial charge in [-0.1, -0.05) is 18.2 Å². The van der Waals surface area contributed by atoms with Crippen LogP contribution in [0.25, 0.3) is 0 Å². The van der Waals surface area contributed by atoms with E-state index in [4.69, 9.17) is 12.2 Å². The van der Waals surface area contributed by atoms with Crippen LogP contribution >= 0.6 is 12.2 Å². The average Bonchev–Trinajstić information content (AvgIpc) is 2.81. The third-order valence-electron chi connectivity index (χ3n) is 4.98. The number of esters is 1. The van der Waals surface area contributed by atoms with E-state index in [9.17, 15) is 14.4 Å². The summed E-state index contributed by atoms with van der Waals surface area (Å²) in [5, 5.41) is 8.38. The zero-order chi connectivity index (χ0) is 24.0. The minimum atomic E-state index is -0.491. The number of amides is 2. The quantitative estimate of drug-likeness (QED) is 0.383. The van der Waals surface area contributed by atoms with Gasteiger partial charge in [0.1, 0.15) is 0 Å². The Hall–Kier alpha value is -4.04. The van der Waals surface area contributed by atoms with Crippen LogP contribution in [0, 0.1) is 13.8 Å². The largest absolute Gasteiger partial charge is 0.465 e. The van der Waals surface area contributed by atoms with Gasteiger partial charge in [0.25, 0.3) is 11.8 Å². The van der Waals surface area contributed by atoms with Crippen LogP contribution in [0.4, 0.5) is 11.4 Å². The second-order valence-corrected chi connectivity index (χ2v) is 7.68. The molecule has 0 unspecified atom stereocenters. The fourth-order valence-electron chi connectivity index (χ4n) is 3.01. The van der Waals surface area contributed by atoms with Gasteiger partial charge in [0.15, 0.2) is 5.11 Å². The summed E-state index contributed by atoms with van der Waals surface area (Å²) in [6.07, 6.45) is 0. The fourth-order valence-corrected chi connectivity index (χ4v) is 3.21. The molecule has 0 aliphatic heterocycles. The minimum absolute atomic E-state index is 0.0310. The zero-order valence-electron chi connectivity index (χ0n) is 18.4. The van der Waals surface area contributed by atoms with Crippen molar-refractivity contribution in [3.8, 4) is 0 Å². The SMILES string of the molecule is COC(=O)c1ccc(C(=O)NC(=S)Nc2ccccc2C(=O)Nc2ccc(C)c(C)c2)cc1. The predicted molar refractivity (Wildman–Crippen MR) is 132 cm³/mol. The van der Waals surface area contributed by atoms with Gasteiger partial charge in [-0.15, -0.1) is 0 Å². The highest BCUT2D eigenvalue weighted by Crippen LogP contribution is 2.19. The molecule has 7 nitrogen and oxygen atoms in total. The van der Waals surface area contributed by atoms with E-state index in [-0.39, 0.29) is 11.0 Å². The highest BCUT2D eigenvalue weighted by Gasteiger charge is 2.15. The fraction of sp³-hybridized carbons (Fsp3) is 0.120. The van der Waals surface area contributed by atoms with Gasteiger partial charge in [0.05, 0.1) is 23.9 Å². The number of aryl methyl sites for hydroxylation is 2. The lowest BCUT2D eigenvalue weighted by atomic mass is 10.1. The summed E-state index contributed by atoms with van der Waals surface area (Å²) in [4.78, 5) is 36.9. The Morgan fingerprint density at radius 3 is 2.12 bits per heavy atom. The molecule has 0 heterocycles. The van der Waals surface area contributed by atoms with E-state index in [2.05, 4.69) is 20.7 Å². The summed E-state index contributed by atoms with van der Waals surface area (Å²) in [7, 11) is 1.28. The number of nitrogens with one attached hydrogen (secondary N) is 3. The number of methoxy groups -OCH3 is 1. The number of hydrogen-bond acceptors (Lipinski definition) is 5. The second-order valence-electron chi connectivity index (χ2n) is 7.28. The molecule has 2 amide bonds. The van der Waals surface area contributed by atoms with Crippen LogP contribution in [0.2, 0.25) is 0 Å². The first kappa shape index (κ1) is 23.6. The molecule has 0 spiro atoms. The number of carbonyl (C=O) groups excluding carboxylic acids is 3. The van der Waals surface area contributed by atoms with E-state index in [0.717, 1.165) is 11.1 Å². The molecule has 0 fully saturated rings. The Bertz CT molecular complexity index is 1220. The van der Waals surface area contributed by atoms with Crippen LogP contribution in [-0.2, 0) is 4.74 Å². The smallest absolute Gasteiger partial charge is 0.337 e. The number of carbonyl (C=O) groups is 3. The van der Waals surface area contributed by atoms with Crippen LogP contribution < -0.4 is 16.0 Å². The monoisotopic (exact) mass is 461 g/mol. The molecule has 0 saturated heterocycles. The van der Waals surface area contributed by atoms with E-state index in [1.54, 1.807) is 24.3 Å². The van der Waals surface area contributed by atoms with E-state index in [1.165, 1.54) is 31.4 Å². The lowest BCUT2D eigenvalue weighted by Crippen LogP contribution is -2.34. The first-order valence-corrected chi connectivity index (χ1v) is 10.5. The van der Waals surface area contributed by atoms with Crippen molar-refractivity contribution >= 4 is 46.5 Å². The number of rotatable bonds is 5. The highest BCUT2D eigenvalue weighted by molar-refractivity contribution is 7.80. The Morgan fingerprint density at radius 1 is 0.788 bits per heavy atom. The summed E-state index contributed by atoms with van der Waals surface area (Å²) in [5.74, 6) is -1.26. The van der Waals surface area contributed by atoms with Gasteiger partial charge in [-0.2, -0.15) is 0 Å². The number of ether oxygens (including phenoxy) is 1. The van der Waals surface area contributed by atoms with E-state index in [0.29, 0.717) is 28.1 Å². The first-order chi connectivity index (χ1) is 15.8. The lowest BCUT2D eigenvalue weighted by Gasteiger charge is -2.14. The summed E-state index contributed by atoms with van der Waals surface area (Å²) < 4.78 is 4.64. The Balaban J connectivity index is 1.67. The van der Waals surface area contributed by atoms with Crippen LogP contribution in [0.1, 0.15) is 42.2 Å². The molecule has 3 N–H and O–H groups in total. The molecule has 3 aromatic rings. The van der Waals surface area contributed by atoms with Crippen LogP contribution in [-0.4, -0.2) is 30.0 Å². The molecule has 0 aliphatic carbocycles. The Morgan fingerprint density at radius 2 is 1.45 bits per heavy atom. The third kappa shape index (κ3) is 6.02. The number of hydrogen-bond donors (Lipinski definition) is 3. The average molecular weight is 462 g/mol. The molecule has 0 atom stereocenters. The number of benzene rings is 3. The normalized spacial score (nSPS) is 10.2. The second kappa shape index (κ2) is 10.5. The van der Waals surface area contributed by atoms with Crippen molar-refractivity contribution in [2.24, 2.45) is 0 Å². The number of anilines is 2. The van der Waals surface area contributed by atoms with Gasteiger partial charge < -0.3 is 15.4 Å². The lowest BCUT2D eigenvalue weighted by molar-refractivity contribution is 0.0600. The molecule has 3 aromatic carbocycles. The molecule has 33 heavy (non-hydrogen) atoms. The minimum Gasteiger partial charge on any atom is -0.465 e. The van der Waals surface area contributed by atoms with Gasteiger partial charge in [-0.05, 0) is 85.7 Å². The van der Waals surface area contributed by atoms with Crippen molar-refractivity contribution in [1.29, 1.82) is 0 Å². The molecule has 168 valence electrons. The van der Waals surface area contributed by atoms with E-state index in [1.807, 2.05) is 32.0 Å².